The van der Waals surface area contributed by atoms with E-state index in [1.54, 1.807) is 0 Å². The van der Waals surface area contributed by atoms with Gasteiger partial charge in [-0.15, -0.1) is 0 Å². The quantitative estimate of drug-likeness (QED) is 0.631. The van der Waals surface area contributed by atoms with Crippen molar-refractivity contribution in [2.45, 2.75) is 12.1 Å². The van der Waals surface area contributed by atoms with Crippen LogP contribution in [-0.4, -0.2) is 24.4 Å². The minimum absolute atomic E-state index is 1.33. The maximum absolute atomic E-state index is 11.8. The molecule has 0 saturated heterocycles. The fraction of sp³-hybridized carbons (Fsp3) is 0.750. The second-order valence-corrected chi connectivity index (χ2v) is 1.70. The summed E-state index contributed by atoms with van der Waals surface area (Å²) < 4.78 is 57.3. The Morgan fingerprint density at radius 1 is 1.18 bits per heavy atom. The third-order valence-corrected chi connectivity index (χ3v) is 0.892. The van der Waals surface area contributed by atoms with Gasteiger partial charge in [-0.25, -0.2) is 0 Å². The number of nitrogens with two attached hydrogens (primary N) is 1. The SMILES string of the molecule is NCC(=O)C(F)(F)C(F)(F)F. The van der Waals surface area contributed by atoms with Crippen LogP contribution in [0.4, 0.5) is 22.0 Å². The van der Waals surface area contributed by atoms with E-state index in [-0.39, 0.29) is 0 Å². The highest BCUT2D eigenvalue weighted by atomic mass is 19.4. The Balaban J connectivity index is 4.59. The average molecular weight is 177 g/mol. The Hall–Kier alpha value is -0.720. The average Bonchev–Trinajstić information content (AvgIpc) is 1.83. The monoisotopic (exact) mass is 177 g/mol. The summed E-state index contributed by atoms with van der Waals surface area (Å²) in [6.45, 7) is -1.33. The zero-order chi connectivity index (χ0) is 9.28. The van der Waals surface area contributed by atoms with Crippen molar-refractivity contribution in [3.8, 4) is 0 Å². The van der Waals surface area contributed by atoms with E-state index in [4.69, 9.17) is 0 Å². The predicted molar refractivity (Wildman–Crippen MR) is 25.1 cm³/mol. The first kappa shape index (κ1) is 10.3. The summed E-state index contributed by atoms with van der Waals surface area (Å²) in [5, 5.41) is 0. The lowest BCUT2D eigenvalue weighted by molar-refractivity contribution is -0.268. The highest BCUT2D eigenvalue weighted by Crippen LogP contribution is 2.35. The molecule has 0 aromatic heterocycles. The predicted octanol–water partition coefficient (Wildman–Crippen LogP) is 0.712. The van der Waals surface area contributed by atoms with Gasteiger partial charge in [0.1, 0.15) is 0 Å². The van der Waals surface area contributed by atoms with E-state index in [0.717, 1.165) is 0 Å². The van der Waals surface area contributed by atoms with Gasteiger partial charge in [-0.2, -0.15) is 22.0 Å². The molecule has 0 rings (SSSR count). The van der Waals surface area contributed by atoms with Crippen LogP contribution in [0.3, 0.4) is 0 Å². The Morgan fingerprint density at radius 2 is 1.55 bits per heavy atom. The Kier molecular flexibility index (Phi) is 2.55. The summed E-state index contributed by atoms with van der Waals surface area (Å²) >= 11 is 0. The first-order valence-corrected chi connectivity index (χ1v) is 2.41. The van der Waals surface area contributed by atoms with E-state index < -0.39 is 24.4 Å². The lowest BCUT2D eigenvalue weighted by Crippen LogP contribution is -2.46. The van der Waals surface area contributed by atoms with Crippen LogP contribution in [0, 0.1) is 0 Å². The highest BCUT2D eigenvalue weighted by molar-refractivity contribution is 5.88. The number of Topliss-reactive ketones (excluding diaryl/α,β-unsaturated/α-hetero) is 1. The lowest BCUT2D eigenvalue weighted by Gasteiger charge is -2.16. The summed E-state index contributed by atoms with van der Waals surface area (Å²) in [5.41, 5.74) is 4.33. The van der Waals surface area contributed by atoms with Gasteiger partial charge >= 0.3 is 12.1 Å². The van der Waals surface area contributed by atoms with Gasteiger partial charge in [0.15, 0.2) is 0 Å². The van der Waals surface area contributed by atoms with Crippen molar-refractivity contribution < 1.29 is 26.7 Å². The number of hydrogen-bond donors (Lipinski definition) is 1. The molecule has 7 heteroatoms. The summed E-state index contributed by atoms with van der Waals surface area (Å²) in [6.07, 6.45) is -5.84. The van der Waals surface area contributed by atoms with Crippen LogP contribution in [-0.2, 0) is 4.79 Å². The lowest BCUT2D eigenvalue weighted by atomic mass is 10.2. The Morgan fingerprint density at radius 3 is 1.64 bits per heavy atom. The molecule has 0 aromatic rings. The number of carbonyl (C=O) groups excluding carboxylic acids is 1. The van der Waals surface area contributed by atoms with Crippen molar-refractivity contribution >= 4 is 5.78 Å². The molecule has 0 unspecified atom stereocenters. The number of rotatable bonds is 2. The number of alkyl halides is 5. The fourth-order valence-electron chi connectivity index (χ4n) is 0.286. The summed E-state index contributed by atoms with van der Waals surface area (Å²) in [7, 11) is 0. The summed E-state index contributed by atoms with van der Waals surface area (Å²) in [5.74, 6) is -7.65. The van der Waals surface area contributed by atoms with Crippen molar-refractivity contribution in [2.24, 2.45) is 5.73 Å². The summed E-state index contributed by atoms with van der Waals surface area (Å²) in [4.78, 5) is 9.89. The van der Waals surface area contributed by atoms with E-state index in [0.29, 0.717) is 0 Å². The third-order valence-electron chi connectivity index (χ3n) is 0.892. The van der Waals surface area contributed by atoms with E-state index >= 15 is 0 Å². The molecule has 0 spiro atoms. The van der Waals surface area contributed by atoms with Crippen molar-refractivity contribution in [1.82, 2.24) is 0 Å². The zero-order valence-electron chi connectivity index (χ0n) is 5.08. The van der Waals surface area contributed by atoms with Gasteiger partial charge in [-0.1, -0.05) is 0 Å². The smallest absolute Gasteiger partial charge is 0.324 e. The van der Waals surface area contributed by atoms with Gasteiger partial charge in [0.25, 0.3) is 0 Å². The molecule has 0 aliphatic carbocycles. The van der Waals surface area contributed by atoms with Crippen LogP contribution in [0.2, 0.25) is 0 Å². The molecule has 0 aliphatic rings. The van der Waals surface area contributed by atoms with Crippen LogP contribution >= 0.6 is 0 Å². The Labute approximate surface area is 58.2 Å². The summed E-state index contributed by atoms with van der Waals surface area (Å²) in [6, 6.07) is 0. The van der Waals surface area contributed by atoms with Gasteiger partial charge in [-0.3, -0.25) is 4.79 Å². The number of carbonyl (C=O) groups is 1. The second kappa shape index (κ2) is 2.72. The number of halogens is 5. The van der Waals surface area contributed by atoms with Gasteiger partial charge in [-0.05, 0) is 0 Å². The molecule has 0 amide bonds. The molecule has 66 valence electrons. The minimum Gasteiger partial charge on any atom is -0.324 e. The zero-order valence-corrected chi connectivity index (χ0v) is 5.08. The Bertz CT molecular complexity index is 162. The number of ketones is 1. The van der Waals surface area contributed by atoms with Crippen molar-refractivity contribution in [3.63, 3.8) is 0 Å². The first-order chi connectivity index (χ1) is 4.73. The number of hydrogen-bond acceptors (Lipinski definition) is 2. The highest BCUT2D eigenvalue weighted by Gasteiger charge is 2.62. The van der Waals surface area contributed by atoms with Crippen molar-refractivity contribution in [2.75, 3.05) is 6.54 Å². The van der Waals surface area contributed by atoms with Gasteiger partial charge < -0.3 is 5.73 Å². The van der Waals surface area contributed by atoms with Crippen molar-refractivity contribution in [1.29, 1.82) is 0 Å². The third kappa shape index (κ3) is 1.86. The van der Waals surface area contributed by atoms with E-state index in [2.05, 4.69) is 5.73 Å². The second-order valence-electron chi connectivity index (χ2n) is 1.70. The van der Waals surface area contributed by atoms with E-state index in [9.17, 15) is 26.7 Å². The topological polar surface area (TPSA) is 43.1 Å². The molecule has 2 N–H and O–H groups in total. The molecule has 0 atom stereocenters. The van der Waals surface area contributed by atoms with Gasteiger partial charge in [0, 0.05) is 0 Å². The molecule has 0 aromatic carbocycles. The van der Waals surface area contributed by atoms with Crippen LogP contribution < -0.4 is 5.73 Å². The largest absolute Gasteiger partial charge is 0.461 e. The molecular weight excluding hydrogens is 173 g/mol. The van der Waals surface area contributed by atoms with Crippen LogP contribution in [0.1, 0.15) is 0 Å². The standard InChI is InChI=1S/C4H4F5NO/c5-3(6,2(11)1-10)4(7,8)9/h1,10H2. The fourth-order valence-corrected chi connectivity index (χ4v) is 0.286. The molecule has 0 saturated carbocycles. The van der Waals surface area contributed by atoms with Crippen LogP contribution in [0.15, 0.2) is 0 Å². The molecule has 0 fully saturated rings. The molecule has 0 bridgehead atoms. The normalized spacial score (nSPS) is 13.3. The molecule has 0 radical (unpaired) electrons. The van der Waals surface area contributed by atoms with E-state index in [1.165, 1.54) is 0 Å². The van der Waals surface area contributed by atoms with Crippen LogP contribution in [0.25, 0.3) is 0 Å². The minimum atomic E-state index is -5.84. The molecule has 0 heterocycles. The molecular formula is C4H4F5NO. The van der Waals surface area contributed by atoms with Gasteiger partial charge in [0.2, 0.25) is 5.78 Å². The van der Waals surface area contributed by atoms with Crippen molar-refractivity contribution in [3.05, 3.63) is 0 Å². The molecule has 11 heavy (non-hydrogen) atoms. The van der Waals surface area contributed by atoms with Crippen LogP contribution in [0.5, 0.6) is 0 Å². The first-order valence-electron chi connectivity index (χ1n) is 2.41. The maximum Gasteiger partial charge on any atom is 0.461 e. The van der Waals surface area contributed by atoms with Gasteiger partial charge in [0.05, 0.1) is 6.54 Å². The van der Waals surface area contributed by atoms with E-state index in [1.807, 2.05) is 0 Å². The maximum atomic E-state index is 11.8. The molecule has 2 nitrogen and oxygen atoms in total. The molecule has 0 aliphatic heterocycles.